The molecule has 0 saturated heterocycles. The second-order valence-electron chi connectivity index (χ2n) is 4.87. The lowest BCUT2D eigenvalue weighted by molar-refractivity contribution is 0.381. The van der Waals surface area contributed by atoms with Crippen LogP contribution in [0.25, 0.3) is 10.4 Å². The molecule has 112 valence electrons. The molecule has 3 rings (SSSR count). The molecule has 0 aliphatic heterocycles. The van der Waals surface area contributed by atoms with Crippen LogP contribution in [0.5, 0.6) is 0 Å². The van der Waals surface area contributed by atoms with E-state index in [1.165, 1.54) is 6.07 Å². The molecule has 1 N–H and O–H groups in total. The predicted octanol–water partition coefficient (Wildman–Crippen LogP) is 4.36. The maximum atomic E-state index is 13.7. The summed E-state index contributed by atoms with van der Waals surface area (Å²) in [5.74, 6) is -9.57. The number of halogens is 5. The maximum Gasteiger partial charge on any atom is 0.200 e. The number of thiophene rings is 1. The van der Waals surface area contributed by atoms with Crippen molar-refractivity contribution < 1.29 is 22.0 Å². The molecule has 1 aromatic carbocycles. The second-order valence-corrected chi connectivity index (χ2v) is 6.03. The van der Waals surface area contributed by atoms with Crippen LogP contribution in [0.3, 0.4) is 0 Å². The molecule has 1 saturated carbocycles. The number of rotatable bonds is 4. The largest absolute Gasteiger partial charge is 0.309 e. The van der Waals surface area contributed by atoms with Crippen LogP contribution in [-0.2, 0) is 6.54 Å². The first-order valence-corrected chi connectivity index (χ1v) is 7.14. The molecular formula is C14H10F5NS. The van der Waals surface area contributed by atoms with Gasteiger partial charge in [0, 0.05) is 22.3 Å². The van der Waals surface area contributed by atoms with Crippen LogP contribution in [0.1, 0.15) is 17.7 Å². The van der Waals surface area contributed by atoms with Crippen molar-refractivity contribution in [2.45, 2.75) is 25.4 Å². The molecule has 21 heavy (non-hydrogen) atoms. The van der Waals surface area contributed by atoms with Crippen molar-refractivity contribution in [1.29, 1.82) is 0 Å². The highest BCUT2D eigenvalue weighted by Crippen LogP contribution is 2.35. The van der Waals surface area contributed by atoms with Gasteiger partial charge in [0.2, 0.25) is 5.82 Å². The fourth-order valence-corrected chi connectivity index (χ4v) is 2.95. The summed E-state index contributed by atoms with van der Waals surface area (Å²) < 4.78 is 66.8. The average Bonchev–Trinajstić information content (AvgIpc) is 3.20. The van der Waals surface area contributed by atoms with Crippen LogP contribution < -0.4 is 5.32 Å². The quantitative estimate of drug-likeness (QED) is 0.501. The minimum absolute atomic E-state index is 0.0235. The molecular weight excluding hydrogens is 309 g/mol. The Labute approximate surface area is 121 Å². The fraction of sp³-hybridized carbons (Fsp3) is 0.286. The lowest BCUT2D eigenvalue weighted by atomic mass is 10.1. The van der Waals surface area contributed by atoms with Gasteiger partial charge in [0.25, 0.3) is 0 Å². The number of benzene rings is 1. The Hall–Kier alpha value is -1.47. The summed E-state index contributed by atoms with van der Waals surface area (Å²) in [4.78, 5) is 0.802. The van der Waals surface area contributed by atoms with Crippen LogP contribution in [-0.4, -0.2) is 6.04 Å². The van der Waals surface area contributed by atoms with Crippen molar-refractivity contribution >= 4 is 11.3 Å². The van der Waals surface area contributed by atoms with Crippen LogP contribution in [0.15, 0.2) is 12.1 Å². The van der Waals surface area contributed by atoms with Gasteiger partial charge >= 0.3 is 0 Å². The normalized spacial score (nSPS) is 14.7. The fourth-order valence-electron chi connectivity index (χ4n) is 1.96. The highest BCUT2D eigenvalue weighted by atomic mass is 32.1. The summed E-state index contributed by atoms with van der Waals surface area (Å²) in [6, 6.07) is 3.45. The zero-order valence-electron chi connectivity index (χ0n) is 10.7. The Kier molecular flexibility index (Phi) is 3.71. The minimum atomic E-state index is -2.14. The van der Waals surface area contributed by atoms with E-state index in [1.807, 2.05) is 0 Å². The van der Waals surface area contributed by atoms with Crippen molar-refractivity contribution in [2.75, 3.05) is 0 Å². The molecule has 1 aromatic heterocycles. The van der Waals surface area contributed by atoms with Gasteiger partial charge < -0.3 is 5.32 Å². The van der Waals surface area contributed by atoms with Crippen molar-refractivity contribution in [3.05, 3.63) is 46.1 Å². The molecule has 0 bridgehead atoms. The zero-order chi connectivity index (χ0) is 15.1. The Balaban J connectivity index is 1.96. The average molecular weight is 319 g/mol. The third kappa shape index (κ3) is 2.67. The first-order valence-electron chi connectivity index (χ1n) is 6.33. The van der Waals surface area contributed by atoms with Crippen LogP contribution in [0.4, 0.5) is 22.0 Å². The predicted molar refractivity (Wildman–Crippen MR) is 69.4 cm³/mol. The Morgan fingerprint density at radius 2 is 1.48 bits per heavy atom. The molecule has 0 amide bonds. The monoisotopic (exact) mass is 319 g/mol. The number of hydrogen-bond acceptors (Lipinski definition) is 2. The van der Waals surface area contributed by atoms with E-state index >= 15 is 0 Å². The first kappa shape index (κ1) is 14.5. The number of hydrogen-bond donors (Lipinski definition) is 1. The molecule has 1 heterocycles. The van der Waals surface area contributed by atoms with Crippen LogP contribution >= 0.6 is 11.3 Å². The van der Waals surface area contributed by atoms with E-state index in [0.29, 0.717) is 12.6 Å². The molecule has 7 heteroatoms. The Morgan fingerprint density at radius 1 is 0.905 bits per heavy atom. The summed E-state index contributed by atoms with van der Waals surface area (Å²) >= 11 is 1.01. The van der Waals surface area contributed by atoms with Gasteiger partial charge in [0.05, 0.1) is 5.56 Å². The van der Waals surface area contributed by atoms with Gasteiger partial charge in [-0.2, -0.15) is 0 Å². The summed E-state index contributed by atoms with van der Waals surface area (Å²) in [7, 11) is 0. The third-order valence-electron chi connectivity index (χ3n) is 3.26. The molecule has 0 spiro atoms. The minimum Gasteiger partial charge on any atom is -0.309 e. The first-order chi connectivity index (χ1) is 9.99. The highest BCUT2D eigenvalue weighted by Gasteiger charge is 2.27. The van der Waals surface area contributed by atoms with Gasteiger partial charge in [0.1, 0.15) is 0 Å². The van der Waals surface area contributed by atoms with E-state index in [1.54, 1.807) is 6.07 Å². The van der Waals surface area contributed by atoms with Gasteiger partial charge in [-0.15, -0.1) is 11.3 Å². The summed E-state index contributed by atoms with van der Waals surface area (Å²) in [6.45, 7) is 0.519. The molecule has 1 fully saturated rings. The van der Waals surface area contributed by atoms with E-state index in [0.717, 1.165) is 29.1 Å². The van der Waals surface area contributed by atoms with Gasteiger partial charge in [-0.05, 0) is 25.0 Å². The molecule has 1 aliphatic rings. The van der Waals surface area contributed by atoms with Crippen molar-refractivity contribution in [3.63, 3.8) is 0 Å². The summed E-state index contributed by atoms with van der Waals surface area (Å²) in [5, 5.41) is 3.21. The van der Waals surface area contributed by atoms with Crippen molar-refractivity contribution in [2.24, 2.45) is 0 Å². The van der Waals surface area contributed by atoms with Gasteiger partial charge in [0.15, 0.2) is 23.3 Å². The lowest BCUT2D eigenvalue weighted by Crippen LogP contribution is -2.14. The Bertz CT molecular complexity index is 664. The third-order valence-corrected chi connectivity index (χ3v) is 4.36. The molecule has 1 nitrogen and oxygen atoms in total. The van der Waals surface area contributed by atoms with Gasteiger partial charge in [-0.25, -0.2) is 22.0 Å². The van der Waals surface area contributed by atoms with Crippen LogP contribution in [0.2, 0.25) is 0 Å². The van der Waals surface area contributed by atoms with Crippen molar-refractivity contribution in [1.82, 2.24) is 5.32 Å². The molecule has 0 radical (unpaired) electrons. The smallest absolute Gasteiger partial charge is 0.200 e. The zero-order valence-corrected chi connectivity index (χ0v) is 11.5. The van der Waals surface area contributed by atoms with E-state index in [4.69, 9.17) is 0 Å². The van der Waals surface area contributed by atoms with Crippen LogP contribution in [0, 0.1) is 29.1 Å². The summed E-state index contributed by atoms with van der Waals surface area (Å²) in [6.07, 6.45) is 2.19. The lowest BCUT2D eigenvalue weighted by Gasteiger charge is -2.06. The molecule has 0 unspecified atom stereocenters. The molecule has 0 atom stereocenters. The standard InChI is InChI=1S/C14H10F5NS/c15-10-9(11(16)13(18)14(19)12(10)17)8-4-3-7(21-8)5-20-6-1-2-6/h3-4,6,20H,1-2,5H2. The Morgan fingerprint density at radius 3 is 2.05 bits per heavy atom. The number of nitrogens with one attached hydrogen (secondary N) is 1. The SMILES string of the molecule is Fc1c(F)c(F)c(-c2ccc(CNC3CC3)s2)c(F)c1F. The van der Waals surface area contributed by atoms with E-state index in [2.05, 4.69) is 5.32 Å². The van der Waals surface area contributed by atoms with Crippen molar-refractivity contribution in [3.8, 4) is 10.4 Å². The second kappa shape index (κ2) is 5.38. The van der Waals surface area contributed by atoms with E-state index < -0.39 is 34.6 Å². The molecule has 1 aliphatic carbocycles. The molecule has 2 aromatic rings. The highest BCUT2D eigenvalue weighted by molar-refractivity contribution is 7.15. The topological polar surface area (TPSA) is 12.0 Å². The maximum absolute atomic E-state index is 13.7. The van der Waals surface area contributed by atoms with Gasteiger partial charge in [-0.3, -0.25) is 0 Å². The van der Waals surface area contributed by atoms with Gasteiger partial charge in [-0.1, -0.05) is 0 Å². The van der Waals surface area contributed by atoms with E-state index in [-0.39, 0.29) is 4.88 Å². The summed E-state index contributed by atoms with van der Waals surface area (Å²) in [5.41, 5.74) is -0.867. The van der Waals surface area contributed by atoms with E-state index in [9.17, 15) is 22.0 Å².